The van der Waals surface area contributed by atoms with Crippen molar-refractivity contribution in [1.82, 2.24) is 15.5 Å². The highest BCUT2D eigenvalue weighted by molar-refractivity contribution is 5.95. The maximum absolute atomic E-state index is 14.1. The van der Waals surface area contributed by atoms with Gasteiger partial charge in [0.25, 0.3) is 0 Å². The molecule has 1 unspecified atom stereocenters. The third-order valence-corrected chi connectivity index (χ3v) is 5.96. The smallest absolute Gasteiger partial charge is 0.367 e. The number of aryl methyl sites for hydroxylation is 1. The molecule has 1 fully saturated rings. The minimum Gasteiger partial charge on any atom is -0.367 e. The van der Waals surface area contributed by atoms with Crippen molar-refractivity contribution in [2.75, 3.05) is 36.4 Å². The fraction of sp³-hybridized carbons (Fsp3) is 0.391. The Hall–Kier alpha value is -2.98. The predicted molar refractivity (Wildman–Crippen MR) is 121 cm³/mol. The molecule has 10 heteroatoms. The lowest BCUT2D eigenvalue weighted by Gasteiger charge is -2.24. The van der Waals surface area contributed by atoms with Crippen molar-refractivity contribution >= 4 is 22.3 Å². The largest absolute Gasteiger partial charge is 0.416 e. The number of nitrogens with one attached hydrogen (secondary N) is 2. The van der Waals surface area contributed by atoms with Crippen LogP contribution in [0.1, 0.15) is 28.6 Å². The lowest BCUT2D eigenvalue weighted by molar-refractivity contribution is -0.138. The van der Waals surface area contributed by atoms with Crippen LogP contribution >= 0.6 is 0 Å². The van der Waals surface area contributed by atoms with E-state index in [0.717, 1.165) is 17.1 Å². The maximum Gasteiger partial charge on any atom is 0.416 e. The van der Waals surface area contributed by atoms with Crippen LogP contribution in [0.5, 0.6) is 0 Å². The lowest BCUT2D eigenvalue weighted by Crippen LogP contribution is -2.30. The zero-order valence-electron chi connectivity index (χ0n) is 18.4. The molecule has 4 N–H and O–H groups in total. The van der Waals surface area contributed by atoms with Gasteiger partial charge in [0, 0.05) is 36.1 Å². The third kappa shape index (κ3) is 4.86. The summed E-state index contributed by atoms with van der Waals surface area (Å²) in [5.41, 5.74) is 7.45. The number of halogens is 4. The Morgan fingerprint density at radius 1 is 1.15 bits per heavy atom. The molecule has 33 heavy (non-hydrogen) atoms. The van der Waals surface area contributed by atoms with E-state index in [1.165, 1.54) is 13.0 Å². The highest BCUT2D eigenvalue weighted by Crippen LogP contribution is 2.35. The van der Waals surface area contributed by atoms with Crippen LogP contribution in [0.25, 0.3) is 10.8 Å². The molecule has 0 radical (unpaired) electrons. The molecule has 4 rings (SSSR count). The van der Waals surface area contributed by atoms with Crippen LogP contribution in [0, 0.1) is 13.8 Å². The first-order valence-corrected chi connectivity index (χ1v) is 10.7. The second kappa shape index (κ2) is 9.11. The molecule has 1 aliphatic rings. The van der Waals surface area contributed by atoms with Gasteiger partial charge in [-0.25, -0.2) is 4.39 Å². The monoisotopic (exact) mass is 462 g/mol. The summed E-state index contributed by atoms with van der Waals surface area (Å²) in [6.45, 7) is 5.11. The number of nitrogens with two attached hydrogens (primary N) is 1. The van der Waals surface area contributed by atoms with Gasteiger partial charge >= 0.3 is 6.18 Å². The lowest BCUT2D eigenvalue weighted by atomic mass is 10.00. The Labute approximate surface area is 189 Å². The van der Waals surface area contributed by atoms with Crippen LogP contribution in [-0.2, 0) is 6.18 Å². The van der Waals surface area contributed by atoms with E-state index in [1.807, 2.05) is 30.0 Å². The van der Waals surface area contributed by atoms with Crippen molar-refractivity contribution < 1.29 is 17.6 Å². The first kappa shape index (κ1) is 23.2. The number of hydrogen-bond donors (Lipinski definition) is 3. The molecule has 0 saturated carbocycles. The maximum atomic E-state index is 14.1. The molecule has 2 aromatic carbocycles. The molecule has 0 amide bonds. The molecule has 0 aliphatic carbocycles. The third-order valence-electron chi connectivity index (χ3n) is 5.96. The van der Waals surface area contributed by atoms with Gasteiger partial charge in [-0.15, -0.1) is 5.10 Å². The summed E-state index contributed by atoms with van der Waals surface area (Å²) in [5.74, 6) is 0.353. The second-order valence-electron chi connectivity index (χ2n) is 8.25. The Morgan fingerprint density at radius 3 is 2.70 bits per heavy atom. The van der Waals surface area contributed by atoms with Crippen molar-refractivity contribution in [3.8, 4) is 0 Å². The summed E-state index contributed by atoms with van der Waals surface area (Å²) in [6, 6.07) is 9.63. The van der Waals surface area contributed by atoms with Gasteiger partial charge in [-0.3, -0.25) is 0 Å². The van der Waals surface area contributed by atoms with Crippen molar-refractivity contribution in [3.63, 3.8) is 0 Å². The number of aromatic nitrogens is 2. The average molecular weight is 462 g/mol. The first-order valence-electron chi connectivity index (χ1n) is 10.7. The zero-order chi connectivity index (χ0) is 23.8. The average Bonchev–Trinajstić information content (AvgIpc) is 2.99. The van der Waals surface area contributed by atoms with Gasteiger partial charge in [0.1, 0.15) is 12.3 Å². The second-order valence-corrected chi connectivity index (χ2v) is 8.25. The summed E-state index contributed by atoms with van der Waals surface area (Å²) < 4.78 is 54.1. The van der Waals surface area contributed by atoms with Crippen molar-refractivity contribution in [2.24, 2.45) is 5.73 Å². The van der Waals surface area contributed by atoms with E-state index in [-0.39, 0.29) is 12.1 Å². The number of benzene rings is 2. The van der Waals surface area contributed by atoms with Crippen LogP contribution in [0.4, 0.5) is 29.1 Å². The number of nitrogens with zero attached hydrogens (tertiary/aromatic N) is 3. The van der Waals surface area contributed by atoms with Gasteiger partial charge < -0.3 is 21.3 Å². The van der Waals surface area contributed by atoms with E-state index >= 15 is 0 Å². The van der Waals surface area contributed by atoms with E-state index in [1.54, 1.807) is 6.07 Å². The van der Waals surface area contributed by atoms with Crippen molar-refractivity contribution in [3.05, 3.63) is 58.8 Å². The summed E-state index contributed by atoms with van der Waals surface area (Å²) in [5, 5.41) is 16.0. The van der Waals surface area contributed by atoms with Crippen LogP contribution in [0.2, 0.25) is 0 Å². The molecule has 176 valence electrons. The molecule has 1 aliphatic heterocycles. The van der Waals surface area contributed by atoms with Gasteiger partial charge in [0.2, 0.25) is 0 Å². The molecule has 2 atom stereocenters. The number of fused-ring (bicyclic) bond motifs is 1. The predicted octanol–water partition coefficient (Wildman–Crippen LogP) is 4.08. The van der Waals surface area contributed by atoms with E-state index in [0.29, 0.717) is 42.1 Å². The minimum atomic E-state index is -4.47. The standard InChI is InChI=1S/C23H26F4N6/c1-13-17(4-3-5-20(13)23(25,26)27)21(28)30-22-19-10-16(6-7-18(19)14(2)31-32-22)33-9-8-29-11-15(24)12-33/h3-7,10,15,21,29H,8-9,11-12,28H2,1-2H3,(H,30,32)/t15?,21-/m0/s1. The van der Waals surface area contributed by atoms with Crippen LogP contribution in [-0.4, -0.2) is 42.5 Å². The molecule has 1 aromatic heterocycles. The minimum absolute atomic E-state index is 0.0566. The van der Waals surface area contributed by atoms with Gasteiger partial charge in [-0.2, -0.15) is 18.3 Å². The fourth-order valence-corrected chi connectivity index (χ4v) is 4.20. The fourth-order valence-electron chi connectivity index (χ4n) is 4.20. The van der Waals surface area contributed by atoms with Gasteiger partial charge in [-0.05, 0) is 43.2 Å². The van der Waals surface area contributed by atoms with Gasteiger partial charge in [0.15, 0.2) is 5.82 Å². The number of hydrogen-bond acceptors (Lipinski definition) is 6. The molecule has 6 nitrogen and oxygen atoms in total. The summed E-state index contributed by atoms with van der Waals surface area (Å²) >= 11 is 0. The van der Waals surface area contributed by atoms with E-state index in [2.05, 4.69) is 20.8 Å². The van der Waals surface area contributed by atoms with E-state index in [9.17, 15) is 17.6 Å². The summed E-state index contributed by atoms with van der Waals surface area (Å²) in [6.07, 6.45) is -6.40. The quantitative estimate of drug-likeness (QED) is 0.401. The molecule has 1 saturated heterocycles. The van der Waals surface area contributed by atoms with Gasteiger partial charge in [0.05, 0.1) is 17.8 Å². The van der Waals surface area contributed by atoms with E-state index < -0.39 is 24.1 Å². The Morgan fingerprint density at radius 2 is 1.94 bits per heavy atom. The number of anilines is 2. The molecule has 0 spiro atoms. The van der Waals surface area contributed by atoms with E-state index in [4.69, 9.17) is 5.73 Å². The Kier molecular flexibility index (Phi) is 6.40. The Balaban J connectivity index is 1.70. The summed E-state index contributed by atoms with van der Waals surface area (Å²) in [7, 11) is 0. The molecular weight excluding hydrogens is 436 g/mol. The van der Waals surface area contributed by atoms with Crippen molar-refractivity contribution in [2.45, 2.75) is 32.4 Å². The zero-order valence-corrected chi connectivity index (χ0v) is 18.4. The van der Waals surface area contributed by atoms with Crippen LogP contribution in [0.3, 0.4) is 0 Å². The van der Waals surface area contributed by atoms with Crippen LogP contribution in [0.15, 0.2) is 36.4 Å². The Bertz CT molecular complexity index is 1150. The molecular formula is C23H26F4N6. The van der Waals surface area contributed by atoms with Crippen molar-refractivity contribution in [1.29, 1.82) is 0 Å². The molecule has 3 aromatic rings. The first-order chi connectivity index (χ1) is 15.6. The SMILES string of the molecule is Cc1c([C@@H](N)Nc2nnc(C)c3ccc(N4CCNCC(F)C4)cc23)cccc1C(F)(F)F. The molecule has 2 heterocycles. The molecule has 0 bridgehead atoms. The highest BCUT2D eigenvalue weighted by Gasteiger charge is 2.33. The topological polar surface area (TPSA) is 79.1 Å². The number of rotatable bonds is 4. The van der Waals surface area contributed by atoms with Crippen LogP contribution < -0.4 is 21.3 Å². The highest BCUT2D eigenvalue weighted by atomic mass is 19.4. The number of alkyl halides is 4. The van der Waals surface area contributed by atoms with Gasteiger partial charge in [-0.1, -0.05) is 18.2 Å². The normalized spacial score (nSPS) is 18.3. The summed E-state index contributed by atoms with van der Waals surface area (Å²) in [4.78, 5) is 1.96.